The van der Waals surface area contributed by atoms with Crippen LogP contribution in [0.2, 0.25) is 0 Å². The summed E-state index contributed by atoms with van der Waals surface area (Å²) in [6, 6.07) is 3.43. The molecule has 0 atom stereocenters. The summed E-state index contributed by atoms with van der Waals surface area (Å²) in [6.07, 6.45) is 0. The third kappa shape index (κ3) is 3.95. The molecule has 0 bridgehead atoms. The highest BCUT2D eigenvalue weighted by atomic mass is 32.2. The Morgan fingerprint density at radius 2 is 1.44 bits per heavy atom. The van der Waals surface area contributed by atoms with Gasteiger partial charge in [-0.25, -0.2) is 8.42 Å². The number of rotatable bonds is 4. The van der Waals surface area contributed by atoms with Crippen molar-refractivity contribution in [3.63, 3.8) is 0 Å². The fourth-order valence-electron chi connectivity index (χ4n) is 4.11. The summed E-state index contributed by atoms with van der Waals surface area (Å²) in [5.41, 5.74) is 4.11. The van der Waals surface area contributed by atoms with Crippen molar-refractivity contribution in [3.8, 4) is 5.75 Å². The minimum atomic E-state index is -3.74. The second-order valence-corrected chi connectivity index (χ2v) is 9.99. The average molecular weight is 462 g/mol. The molecule has 0 saturated carbocycles. The molecule has 0 aliphatic carbocycles. The van der Waals surface area contributed by atoms with Gasteiger partial charge in [-0.05, 0) is 74.6 Å². The second kappa shape index (κ2) is 8.51. The van der Waals surface area contributed by atoms with Crippen LogP contribution in [-0.2, 0) is 10.0 Å². The van der Waals surface area contributed by atoms with Gasteiger partial charge in [0.2, 0.25) is 10.0 Å². The molecule has 9 nitrogen and oxygen atoms in total. The monoisotopic (exact) mass is 461 g/mol. The maximum absolute atomic E-state index is 13.5. The average Bonchev–Trinajstić information content (AvgIpc) is 2.75. The predicted octanol–water partition coefficient (Wildman–Crippen LogP) is 2.99. The van der Waals surface area contributed by atoms with Gasteiger partial charge in [0.15, 0.2) is 5.75 Å². The topological polar surface area (TPSA) is 121 Å². The molecule has 1 N–H and O–H groups in total. The number of phenolic OH excluding ortho intramolecular Hbond substituents is 1. The van der Waals surface area contributed by atoms with Crippen LogP contribution in [0.3, 0.4) is 0 Å². The highest BCUT2D eigenvalue weighted by Crippen LogP contribution is 2.32. The van der Waals surface area contributed by atoms with E-state index in [4.69, 9.17) is 0 Å². The lowest BCUT2D eigenvalue weighted by Crippen LogP contribution is -2.50. The van der Waals surface area contributed by atoms with Gasteiger partial charge in [0.05, 0.1) is 9.82 Å². The molecule has 2 aromatic rings. The first-order valence-electron chi connectivity index (χ1n) is 10.2. The van der Waals surface area contributed by atoms with Crippen LogP contribution >= 0.6 is 0 Å². The standard InChI is InChI=1S/C22H27N3O6S/c1-13-14(2)16(4)21(17(5)15(13)3)32(30,31)24-10-8-23(9-11-24)22(27)18-6-7-19(25(28)29)20(26)12-18/h6-7,12,26H,8-11H2,1-5H3. The Kier molecular flexibility index (Phi) is 6.30. The third-order valence-electron chi connectivity index (χ3n) is 6.47. The number of nitro groups is 1. The van der Waals surface area contributed by atoms with E-state index in [0.717, 1.165) is 39.9 Å². The first-order valence-corrected chi connectivity index (χ1v) is 11.7. The summed E-state index contributed by atoms with van der Waals surface area (Å²) in [5, 5.41) is 20.6. The van der Waals surface area contributed by atoms with Crippen molar-refractivity contribution < 1.29 is 23.2 Å². The minimum Gasteiger partial charge on any atom is -0.502 e. The molecule has 0 spiro atoms. The van der Waals surface area contributed by atoms with Gasteiger partial charge in [0.25, 0.3) is 5.91 Å². The van der Waals surface area contributed by atoms with E-state index in [-0.39, 0.29) is 31.7 Å². The van der Waals surface area contributed by atoms with Crippen LogP contribution in [0.4, 0.5) is 5.69 Å². The van der Waals surface area contributed by atoms with Crippen LogP contribution < -0.4 is 0 Å². The first-order chi connectivity index (χ1) is 14.9. The SMILES string of the molecule is Cc1c(C)c(C)c(S(=O)(=O)N2CCN(C(=O)c3ccc([N+](=O)[O-])c(O)c3)CC2)c(C)c1C. The van der Waals surface area contributed by atoms with Gasteiger partial charge in [-0.3, -0.25) is 14.9 Å². The molecule has 32 heavy (non-hydrogen) atoms. The maximum atomic E-state index is 13.5. The number of nitrogens with zero attached hydrogens (tertiary/aromatic N) is 3. The van der Waals surface area contributed by atoms with Crippen LogP contribution in [0.1, 0.15) is 38.2 Å². The van der Waals surface area contributed by atoms with Crippen molar-refractivity contribution in [3.05, 3.63) is 61.7 Å². The zero-order chi connectivity index (χ0) is 24.0. The van der Waals surface area contributed by atoms with Crippen molar-refractivity contribution in [1.29, 1.82) is 0 Å². The number of phenols is 1. The van der Waals surface area contributed by atoms with Crippen LogP contribution in [0.25, 0.3) is 0 Å². The molecule has 1 saturated heterocycles. The molecule has 0 unspecified atom stereocenters. The Morgan fingerprint density at radius 3 is 1.91 bits per heavy atom. The number of amides is 1. The molecule has 1 aliphatic heterocycles. The summed E-state index contributed by atoms with van der Waals surface area (Å²) in [4.78, 5) is 24.7. The smallest absolute Gasteiger partial charge is 0.310 e. The van der Waals surface area contributed by atoms with Crippen molar-refractivity contribution in [2.45, 2.75) is 39.5 Å². The lowest BCUT2D eigenvalue weighted by molar-refractivity contribution is -0.385. The molecular weight excluding hydrogens is 434 g/mol. The number of hydrogen-bond acceptors (Lipinski definition) is 6. The van der Waals surface area contributed by atoms with Gasteiger partial charge in [-0.2, -0.15) is 4.31 Å². The number of benzene rings is 2. The molecule has 1 heterocycles. The lowest BCUT2D eigenvalue weighted by Gasteiger charge is -2.35. The van der Waals surface area contributed by atoms with Crippen LogP contribution in [0, 0.1) is 44.7 Å². The lowest BCUT2D eigenvalue weighted by atomic mass is 9.95. The predicted molar refractivity (Wildman–Crippen MR) is 120 cm³/mol. The number of aromatic hydroxyl groups is 1. The molecule has 2 aromatic carbocycles. The van der Waals surface area contributed by atoms with E-state index in [2.05, 4.69) is 0 Å². The molecule has 1 aliphatic rings. The molecule has 3 rings (SSSR count). The van der Waals surface area contributed by atoms with E-state index in [1.54, 1.807) is 0 Å². The quantitative estimate of drug-likeness (QED) is 0.552. The summed E-state index contributed by atoms with van der Waals surface area (Å²) >= 11 is 0. The Morgan fingerprint density at radius 1 is 0.938 bits per heavy atom. The Labute approximate surface area is 187 Å². The number of carbonyl (C=O) groups excluding carboxylic acids is 1. The summed E-state index contributed by atoms with van der Waals surface area (Å²) in [7, 11) is -3.74. The second-order valence-electron chi connectivity index (χ2n) is 8.11. The molecule has 1 amide bonds. The normalized spacial score (nSPS) is 15.1. The van der Waals surface area contributed by atoms with Crippen molar-refractivity contribution in [1.82, 2.24) is 9.21 Å². The molecule has 0 radical (unpaired) electrons. The van der Waals surface area contributed by atoms with Gasteiger partial charge in [-0.1, -0.05) is 0 Å². The molecule has 172 valence electrons. The summed E-state index contributed by atoms with van der Waals surface area (Å²) in [5.74, 6) is -1.00. The van der Waals surface area contributed by atoms with Crippen LogP contribution in [0.5, 0.6) is 5.75 Å². The Hall–Kier alpha value is -2.98. The van der Waals surface area contributed by atoms with E-state index in [9.17, 15) is 28.4 Å². The number of hydrogen-bond donors (Lipinski definition) is 1. The van der Waals surface area contributed by atoms with Gasteiger partial charge >= 0.3 is 5.69 Å². The van der Waals surface area contributed by atoms with E-state index >= 15 is 0 Å². The largest absolute Gasteiger partial charge is 0.502 e. The van der Waals surface area contributed by atoms with Gasteiger partial charge in [-0.15, -0.1) is 0 Å². The van der Waals surface area contributed by atoms with Crippen LogP contribution in [-0.4, -0.2) is 59.7 Å². The van der Waals surface area contributed by atoms with Crippen LogP contribution in [0.15, 0.2) is 23.1 Å². The van der Waals surface area contributed by atoms with Gasteiger partial charge in [0, 0.05) is 37.8 Å². The highest BCUT2D eigenvalue weighted by Gasteiger charge is 2.33. The summed E-state index contributed by atoms with van der Waals surface area (Å²) < 4.78 is 28.3. The van der Waals surface area contributed by atoms with E-state index in [1.807, 2.05) is 34.6 Å². The summed E-state index contributed by atoms with van der Waals surface area (Å²) in [6.45, 7) is 10.1. The fourth-order valence-corrected chi connectivity index (χ4v) is 6.09. The maximum Gasteiger partial charge on any atom is 0.310 e. The minimum absolute atomic E-state index is 0.112. The van der Waals surface area contributed by atoms with Gasteiger partial charge in [0.1, 0.15) is 0 Å². The first kappa shape index (κ1) is 23.7. The van der Waals surface area contributed by atoms with Crippen molar-refractivity contribution in [2.24, 2.45) is 0 Å². The van der Waals surface area contributed by atoms with Crippen molar-refractivity contribution >= 4 is 21.6 Å². The number of piperazine rings is 1. The third-order valence-corrected chi connectivity index (χ3v) is 8.65. The Bertz CT molecular complexity index is 1190. The number of sulfonamides is 1. The molecular formula is C22H27N3O6S. The van der Waals surface area contributed by atoms with Gasteiger partial charge < -0.3 is 10.0 Å². The van der Waals surface area contributed by atoms with Crippen molar-refractivity contribution in [2.75, 3.05) is 26.2 Å². The molecule has 10 heteroatoms. The number of carbonyl (C=O) groups is 1. The van der Waals surface area contributed by atoms with E-state index < -0.39 is 32.3 Å². The number of nitro benzene ring substituents is 1. The van der Waals surface area contributed by atoms with E-state index in [0.29, 0.717) is 4.90 Å². The molecule has 1 fully saturated rings. The highest BCUT2D eigenvalue weighted by molar-refractivity contribution is 7.89. The zero-order valence-electron chi connectivity index (χ0n) is 18.8. The fraction of sp³-hybridized carbons (Fsp3) is 0.409. The Balaban J connectivity index is 1.81. The van der Waals surface area contributed by atoms with E-state index in [1.165, 1.54) is 15.3 Å². The molecule has 0 aromatic heterocycles. The zero-order valence-corrected chi connectivity index (χ0v) is 19.6.